The minimum Gasteiger partial charge on any atom is -0.368 e. The third-order valence-electron chi connectivity index (χ3n) is 3.28. The molecule has 2 aromatic carbocycles. The van der Waals surface area contributed by atoms with E-state index in [-0.39, 0.29) is 6.04 Å². The number of hydrogen-bond donors (Lipinski definition) is 2. The highest BCUT2D eigenvalue weighted by Gasteiger charge is 2.20. The number of benzene rings is 2. The highest BCUT2D eigenvalue weighted by Crippen LogP contribution is 2.21. The normalized spacial score (nSPS) is 13.7. The van der Waals surface area contributed by atoms with Gasteiger partial charge in [-0.3, -0.25) is 10.1 Å². The number of rotatable bonds is 5. The number of nitrogens with two attached hydrogens (primary N) is 1. The summed E-state index contributed by atoms with van der Waals surface area (Å²) in [6, 6.07) is 11.6. The van der Waals surface area contributed by atoms with E-state index in [1.165, 1.54) is 6.07 Å². The highest BCUT2D eigenvalue weighted by molar-refractivity contribution is 5.81. The Labute approximate surface area is 121 Å². The van der Waals surface area contributed by atoms with Gasteiger partial charge in [-0.2, -0.15) is 0 Å². The average molecular weight is 290 g/mol. The van der Waals surface area contributed by atoms with Gasteiger partial charge in [0.05, 0.1) is 0 Å². The van der Waals surface area contributed by atoms with Crippen molar-refractivity contribution in [3.05, 3.63) is 71.3 Å². The van der Waals surface area contributed by atoms with Crippen molar-refractivity contribution in [2.45, 2.75) is 19.0 Å². The zero-order chi connectivity index (χ0) is 15.4. The van der Waals surface area contributed by atoms with Gasteiger partial charge in [0.1, 0.15) is 6.04 Å². The van der Waals surface area contributed by atoms with Crippen LogP contribution in [-0.2, 0) is 4.79 Å². The Balaban J connectivity index is 2.20. The van der Waals surface area contributed by atoms with Gasteiger partial charge < -0.3 is 5.73 Å². The van der Waals surface area contributed by atoms with E-state index in [4.69, 9.17) is 5.73 Å². The molecule has 21 heavy (non-hydrogen) atoms. The second kappa shape index (κ2) is 6.45. The molecule has 0 heterocycles. The topological polar surface area (TPSA) is 55.1 Å². The number of carbonyl (C=O) groups is 1. The quantitative estimate of drug-likeness (QED) is 0.889. The van der Waals surface area contributed by atoms with Crippen LogP contribution in [0.5, 0.6) is 0 Å². The molecule has 0 radical (unpaired) electrons. The molecule has 1 amide bonds. The minimum absolute atomic E-state index is 0.363. The number of hydrogen-bond acceptors (Lipinski definition) is 2. The first-order valence-electron chi connectivity index (χ1n) is 6.54. The summed E-state index contributed by atoms with van der Waals surface area (Å²) >= 11 is 0. The van der Waals surface area contributed by atoms with Crippen LogP contribution in [-0.4, -0.2) is 5.91 Å². The van der Waals surface area contributed by atoms with Gasteiger partial charge in [-0.05, 0) is 30.2 Å². The van der Waals surface area contributed by atoms with Crippen LogP contribution in [0.3, 0.4) is 0 Å². The fraction of sp³-hybridized carbons (Fsp3) is 0.188. The first-order chi connectivity index (χ1) is 9.99. The van der Waals surface area contributed by atoms with Gasteiger partial charge in [-0.1, -0.05) is 36.4 Å². The fourth-order valence-corrected chi connectivity index (χ4v) is 2.12. The van der Waals surface area contributed by atoms with Crippen LogP contribution in [0.25, 0.3) is 0 Å². The van der Waals surface area contributed by atoms with Crippen molar-refractivity contribution < 1.29 is 13.6 Å². The lowest BCUT2D eigenvalue weighted by atomic mass is 10.0. The van der Waals surface area contributed by atoms with Crippen molar-refractivity contribution in [2.24, 2.45) is 5.73 Å². The molecular weight excluding hydrogens is 274 g/mol. The zero-order valence-corrected chi connectivity index (χ0v) is 11.5. The van der Waals surface area contributed by atoms with Crippen LogP contribution in [0, 0.1) is 11.6 Å². The third kappa shape index (κ3) is 3.64. The predicted molar refractivity (Wildman–Crippen MR) is 76.3 cm³/mol. The maximum absolute atomic E-state index is 13.3. The van der Waals surface area contributed by atoms with Crippen LogP contribution in [0.2, 0.25) is 0 Å². The van der Waals surface area contributed by atoms with Crippen molar-refractivity contribution >= 4 is 5.91 Å². The second-order valence-corrected chi connectivity index (χ2v) is 4.81. The molecule has 0 aromatic heterocycles. The molecular formula is C16H16F2N2O. The Kier molecular flexibility index (Phi) is 4.65. The van der Waals surface area contributed by atoms with E-state index in [9.17, 15) is 13.6 Å². The second-order valence-electron chi connectivity index (χ2n) is 4.81. The summed E-state index contributed by atoms with van der Waals surface area (Å²) < 4.78 is 26.2. The van der Waals surface area contributed by atoms with Gasteiger partial charge in [0, 0.05) is 6.04 Å². The molecule has 0 aliphatic rings. The number of amides is 1. The predicted octanol–water partition coefficient (Wildman–Crippen LogP) is 2.84. The molecule has 110 valence electrons. The van der Waals surface area contributed by atoms with Crippen molar-refractivity contribution in [2.75, 3.05) is 0 Å². The van der Waals surface area contributed by atoms with E-state index < -0.39 is 23.6 Å². The zero-order valence-electron chi connectivity index (χ0n) is 11.5. The number of halogens is 2. The first kappa shape index (κ1) is 15.1. The van der Waals surface area contributed by atoms with Gasteiger partial charge in [0.25, 0.3) is 0 Å². The molecule has 2 aromatic rings. The highest BCUT2D eigenvalue weighted by atomic mass is 19.2. The van der Waals surface area contributed by atoms with E-state index in [1.54, 1.807) is 31.2 Å². The summed E-state index contributed by atoms with van der Waals surface area (Å²) in [6.45, 7) is 1.76. The standard InChI is InChI=1S/C16H16F2N2O/c1-10(12-7-8-13(17)14(18)9-12)20-15(16(19)21)11-5-3-2-4-6-11/h2-10,15,20H,1H3,(H2,19,21)/t10-,15+/m1/s1. The molecule has 0 aliphatic carbocycles. The Bertz CT molecular complexity index is 631. The molecule has 0 fully saturated rings. The monoisotopic (exact) mass is 290 g/mol. The van der Waals surface area contributed by atoms with E-state index in [0.29, 0.717) is 5.56 Å². The van der Waals surface area contributed by atoms with Gasteiger partial charge in [-0.25, -0.2) is 8.78 Å². The van der Waals surface area contributed by atoms with Crippen LogP contribution in [0.15, 0.2) is 48.5 Å². The molecule has 0 unspecified atom stereocenters. The summed E-state index contributed by atoms with van der Waals surface area (Å²) in [4.78, 5) is 11.6. The van der Waals surface area contributed by atoms with Crippen LogP contribution in [0.1, 0.15) is 30.1 Å². The summed E-state index contributed by atoms with van der Waals surface area (Å²) in [6.07, 6.45) is 0. The Morgan fingerprint density at radius 3 is 2.29 bits per heavy atom. The van der Waals surface area contributed by atoms with E-state index in [1.807, 2.05) is 6.07 Å². The van der Waals surface area contributed by atoms with Gasteiger partial charge in [0.15, 0.2) is 11.6 Å². The molecule has 2 atom stereocenters. The van der Waals surface area contributed by atoms with Crippen LogP contribution < -0.4 is 11.1 Å². The molecule has 0 spiro atoms. The minimum atomic E-state index is -0.920. The van der Waals surface area contributed by atoms with Crippen molar-refractivity contribution in [1.82, 2.24) is 5.32 Å². The van der Waals surface area contributed by atoms with E-state index in [0.717, 1.165) is 17.7 Å². The summed E-state index contributed by atoms with van der Waals surface area (Å²) in [5.74, 6) is -2.35. The third-order valence-corrected chi connectivity index (χ3v) is 3.28. The summed E-state index contributed by atoms with van der Waals surface area (Å²) in [7, 11) is 0. The lowest BCUT2D eigenvalue weighted by molar-refractivity contribution is -0.120. The number of nitrogens with one attached hydrogen (secondary N) is 1. The summed E-state index contributed by atoms with van der Waals surface area (Å²) in [5, 5.41) is 3.03. The lowest BCUT2D eigenvalue weighted by Crippen LogP contribution is -2.35. The molecule has 3 nitrogen and oxygen atoms in total. The molecule has 5 heteroatoms. The van der Waals surface area contributed by atoms with E-state index in [2.05, 4.69) is 5.32 Å². The van der Waals surface area contributed by atoms with Gasteiger partial charge in [0.2, 0.25) is 5.91 Å². The van der Waals surface area contributed by atoms with Crippen LogP contribution in [0.4, 0.5) is 8.78 Å². The molecule has 2 rings (SSSR count). The van der Waals surface area contributed by atoms with Crippen molar-refractivity contribution in [1.29, 1.82) is 0 Å². The Morgan fingerprint density at radius 1 is 1.05 bits per heavy atom. The largest absolute Gasteiger partial charge is 0.368 e. The molecule has 0 aliphatic heterocycles. The smallest absolute Gasteiger partial charge is 0.239 e. The maximum Gasteiger partial charge on any atom is 0.239 e. The summed E-state index contributed by atoms with van der Waals surface area (Å²) in [5.41, 5.74) is 6.67. The average Bonchev–Trinajstić information content (AvgIpc) is 2.48. The maximum atomic E-state index is 13.3. The number of primary amides is 1. The van der Waals surface area contributed by atoms with E-state index >= 15 is 0 Å². The Hall–Kier alpha value is -2.27. The van der Waals surface area contributed by atoms with Crippen molar-refractivity contribution in [3.63, 3.8) is 0 Å². The molecule has 0 saturated carbocycles. The number of carbonyl (C=O) groups excluding carboxylic acids is 1. The molecule has 3 N–H and O–H groups in total. The lowest BCUT2D eigenvalue weighted by Gasteiger charge is -2.21. The molecule has 0 bridgehead atoms. The fourth-order valence-electron chi connectivity index (χ4n) is 2.12. The van der Waals surface area contributed by atoms with Gasteiger partial charge >= 0.3 is 0 Å². The first-order valence-corrected chi connectivity index (χ1v) is 6.54. The molecule has 0 saturated heterocycles. The van der Waals surface area contributed by atoms with Gasteiger partial charge in [-0.15, -0.1) is 0 Å². The SMILES string of the molecule is C[C@@H](N[C@H](C(N)=O)c1ccccc1)c1ccc(F)c(F)c1. The van der Waals surface area contributed by atoms with Crippen molar-refractivity contribution in [3.8, 4) is 0 Å². The van der Waals surface area contributed by atoms with Crippen LogP contribution >= 0.6 is 0 Å². The Morgan fingerprint density at radius 2 is 1.71 bits per heavy atom.